The Morgan fingerprint density at radius 2 is 1.82 bits per heavy atom. The lowest BCUT2D eigenvalue weighted by Crippen LogP contribution is -2.29. The molecule has 1 unspecified atom stereocenters. The first-order valence-corrected chi connectivity index (χ1v) is 12.8. The van der Waals surface area contributed by atoms with Crippen LogP contribution in [-0.4, -0.2) is 42.9 Å². The van der Waals surface area contributed by atoms with Crippen molar-refractivity contribution in [3.63, 3.8) is 0 Å². The molecular weight excluding hydrogens is 502 g/mol. The summed E-state index contributed by atoms with van der Waals surface area (Å²) in [4.78, 5) is 35.7. The van der Waals surface area contributed by atoms with Gasteiger partial charge in [0.25, 0.3) is 5.69 Å². The molecule has 3 heterocycles. The fraction of sp³-hybridized carbons (Fsp3) is 0.357. The molecule has 0 radical (unpaired) electrons. The molecule has 4 aromatic rings. The van der Waals surface area contributed by atoms with E-state index in [1.807, 2.05) is 49.6 Å². The number of non-ortho nitro benzene ring substituents is 1. The van der Waals surface area contributed by atoms with Crippen LogP contribution in [0.15, 0.2) is 54.9 Å². The van der Waals surface area contributed by atoms with Crippen molar-refractivity contribution in [3.8, 4) is 0 Å². The van der Waals surface area contributed by atoms with Crippen molar-refractivity contribution in [1.29, 1.82) is 0 Å². The van der Waals surface area contributed by atoms with Crippen LogP contribution in [0.3, 0.4) is 0 Å². The largest absolute Gasteiger partial charge is 0.462 e. The second kappa shape index (κ2) is 11.1. The van der Waals surface area contributed by atoms with Gasteiger partial charge in [-0.2, -0.15) is 0 Å². The van der Waals surface area contributed by atoms with Gasteiger partial charge in [0.2, 0.25) is 0 Å². The third-order valence-electron chi connectivity index (χ3n) is 6.65. The summed E-state index contributed by atoms with van der Waals surface area (Å²) in [7, 11) is 0. The minimum atomic E-state index is -1.05. The number of ether oxygens (including phenoxy) is 2. The predicted octanol–water partition coefficient (Wildman–Crippen LogP) is 5.27. The van der Waals surface area contributed by atoms with Crippen molar-refractivity contribution in [2.75, 3.05) is 6.61 Å². The number of aromatic nitrogens is 4. The number of esters is 2. The normalized spacial score (nSPS) is 12.9. The maximum absolute atomic E-state index is 12.8. The van der Waals surface area contributed by atoms with E-state index in [1.54, 1.807) is 24.7 Å². The summed E-state index contributed by atoms with van der Waals surface area (Å²) in [6.07, 6.45) is 4.11. The van der Waals surface area contributed by atoms with Crippen molar-refractivity contribution >= 4 is 23.1 Å². The third kappa shape index (κ3) is 5.66. The molecule has 0 saturated heterocycles. The third-order valence-corrected chi connectivity index (χ3v) is 6.65. The number of rotatable bonds is 10. The van der Waals surface area contributed by atoms with Gasteiger partial charge in [-0.1, -0.05) is 26.0 Å². The van der Waals surface area contributed by atoms with Gasteiger partial charge >= 0.3 is 11.9 Å². The number of benzene rings is 1. The van der Waals surface area contributed by atoms with E-state index in [2.05, 4.69) is 10.3 Å². The molecule has 0 aliphatic rings. The monoisotopic (exact) mass is 533 g/mol. The van der Waals surface area contributed by atoms with Gasteiger partial charge in [-0.15, -0.1) is 5.10 Å². The van der Waals surface area contributed by atoms with Crippen molar-refractivity contribution in [3.05, 3.63) is 93.1 Å². The Bertz CT molecular complexity index is 1520. The molecule has 39 heavy (non-hydrogen) atoms. The van der Waals surface area contributed by atoms with Crippen molar-refractivity contribution in [1.82, 2.24) is 19.4 Å². The molecule has 3 aromatic heterocycles. The van der Waals surface area contributed by atoms with Crippen LogP contribution in [0.1, 0.15) is 84.6 Å². The van der Waals surface area contributed by atoms with E-state index in [1.165, 1.54) is 24.3 Å². The summed E-state index contributed by atoms with van der Waals surface area (Å²) >= 11 is 0. The molecule has 11 heteroatoms. The molecule has 0 amide bonds. The molecule has 204 valence electrons. The Hall–Kier alpha value is -4.54. The van der Waals surface area contributed by atoms with E-state index in [0.717, 1.165) is 16.8 Å². The fourth-order valence-corrected chi connectivity index (χ4v) is 4.40. The molecule has 0 bridgehead atoms. The molecular formula is C28H31N5O6. The van der Waals surface area contributed by atoms with E-state index in [-0.39, 0.29) is 23.1 Å². The zero-order valence-electron chi connectivity index (χ0n) is 22.6. The highest BCUT2D eigenvalue weighted by Crippen LogP contribution is 2.29. The molecule has 0 N–H and O–H groups in total. The SMILES string of the molecule is CCOC(=O)c1cc2cc(Cn3cc(C(C)(CC)OC(=O)c4ccc([N+](=O)[O-])cc4)nn3)ccn2c1C(C)C. The van der Waals surface area contributed by atoms with E-state index in [9.17, 15) is 19.7 Å². The average Bonchev–Trinajstić information content (AvgIpc) is 3.54. The van der Waals surface area contributed by atoms with E-state index in [0.29, 0.717) is 30.8 Å². The number of carbonyl (C=O) groups excluding carboxylic acids is 2. The summed E-state index contributed by atoms with van der Waals surface area (Å²) in [6.45, 7) is 10.2. The molecule has 0 spiro atoms. The Kier molecular flexibility index (Phi) is 7.80. The summed E-state index contributed by atoms with van der Waals surface area (Å²) in [5, 5.41) is 19.4. The number of fused-ring (bicyclic) bond motifs is 1. The summed E-state index contributed by atoms with van der Waals surface area (Å²) < 4.78 is 14.7. The second-order valence-electron chi connectivity index (χ2n) is 9.73. The van der Waals surface area contributed by atoms with Gasteiger partial charge in [0.05, 0.1) is 35.4 Å². The van der Waals surface area contributed by atoms with Crippen LogP contribution in [0.25, 0.3) is 5.52 Å². The number of nitro benzene ring substituents is 1. The zero-order chi connectivity index (χ0) is 28.3. The lowest BCUT2D eigenvalue weighted by atomic mass is 9.99. The second-order valence-corrected chi connectivity index (χ2v) is 9.73. The van der Waals surface area contributed by atoms with E-state index in [4.69, 9.17) is 9.47 Å². The molecule has 1 atom stereocenters. The van der Waals surface area contributed by atoms with Crippen molar-refractivity contribution < 1.29 is 24.0 Å². The Balaban J connectivity index is 1.54. The highest BCUT2D eigenvalue weighted by Gasteiger charge is 2.33. The first-order valence-electron chi connectivity index (χ1n) is 12.8. The van der Waals surface area contributed by atoms with Crippen LogP contribution in [0.2, 0.25) is 0 Å². The highest BCUT2D eigenvalue weighted by atomic mass is 16.6. The van der Waals surface area contributed by atoms with Crippen LogP contribution in [-0.2, 0) is 21.6 Å². The first-order chi connectivity index (χ1) is 18.6. The summed E-state index contributed by atoms with van der Waals surface area (Å²) in [5.41, 5.74) is 2.80. The number of nitro groups is 1. The molecule has 11 nitrogen and oxygen atoms in total. The Morgan fingerprint density at radius 3 is 2.44 bits per heavy atom. The maximum Gasteiger partial charge on any atom is 0.340 e. The highest BCUT2D eigenvalue weighted by molar-refractivity contribution is 5.93. The van der Waals surface area contributed by atoms with Crippen LogP contribution in [0, 0.1) is 10.1 Å². The summed E-state index contributed by atoms with van der Waals surface area (Å²) in [5.74, 6) is -0.827. The lowest BCUT2D eigenvalue weighted by molar-refractivity contribution is -0.384. The summed E-state index contributed by atoms with van der Waals surface area (Å²) in [6, 6.07) is 11.0. The van der Waals surface area contributed by atoms with Gasteiger partial charge in [0.15, 0.2) is 5.60 Å². The number of hydrogen-bond donors (Lipinski definition) is 0. The molecule has 0 fully saturated rings. The number of pyridine rings is 1. The van der Waals surface area contributed by atoms with Crippen LogP contribution < -0.4 is 0 Å². The van der Waals surface area contributed by atoms with Gasteiger partial charge in [0, 0.05) is 29.5 Å². The number of hydrogen-bond acceptors (Lipinski definition) is 8. The van der Waals surface area contributed by atoms with E-state index < -0.39 is 16.5 Å². The topological polar surface area (TPSA) is 131 Å². The van der Waals surface area contributed by atoms with Crippen molar-refractivity contribution in [2.24, 2.45) is 0 Å². The molecule has 0 aliphatic heterocycles. The Labute approximate surface area is 225 Å². The van der Waals surface area contributed by atoms with Crippen LogP contribution in [0.4, 0.5) is 5.69 Å². The van der Waals surface area contributed by atoms with E-state index >= 15 is 0 Å². The molecule has 1 aromatic carbocycles. The maximum atomic E-state index is 12.8. The van der Waals surface area contributed by atoms with Gasteiger partial charge < -0.3 is 13.9 Å². The predicted molar refractivity (Wildman–Crippen MR) is 143 cm³/mol. The average molecular weight is 534 g/mol. The fourth-order valence-electron chi connectivity index (χ4n) is 4.40. The van der Waals surface area contributed by atoms with Crippen LogP contribution in [0.5, 0.6) is 0 Å². The molecule has 0 aliphatic carbocycles. The first kappa shape index (κ1) is 27.5. The molecule has 4 rings (SSSR count). The van der Waals surface area contributed by atoms with Crippen molar-refractivity contribution in [2.45, 2.75) is 59.1 Å². The quantitative estimate of drug-likeness (QED) is 0.153. The Morgan fingerprint density at radius 1 is 1.10 bits per heavy atom. The van der Waals surface area contributed by atoms with Gasteiger partial charge in [-0.25, -0.2) is 14.3 Å². The molecule has 0 saturated carbocycles. The zero-order valence-corrected chi connectivity index (χ0v) is 22.6. The number of nitrogens with zero attached hydrogens (tertiary/aromatic N) is 5. The standard InChI is InChI=1S/C28H31N5O6/c1-6-28(5,39-26(34)20-8-10-21(11-9-20)33(36)37)24-17-31(30-29-24)16-19-12-13-32-22(14-19)15-23(25(32)18(3)4)27(35)38-7-2/h8-15,17-18H,6-7,16H2,1-5H3. The minimum absolute atomic E-state index is 0.108. The van der Waals surface area contributed by atoms with Gasteiger partial charge in [-0.05, 0) is 62.1 Å². The minimum Gasteiger partial charge on any atom is -0.462 e. The van der Waals surface area contributed by atoms with Gasteiger partial charge in [-0.3, -0.25) is 10.1 Å². The lowest BCUT2D eigenvalue weighted by Gasteiger charge is -2.26. The van der Waals surface area contributed by atoms with Crippen LogP contribution >= 0.6 is 0 Å². The number of carbonyl (C=O) groups is 2. The smallest absolute Gasteiger partial charge is 0.340 e. The van der Waals surface area contributed by atoms with Gasteiger partial charge in [0.1, 0.15) is 5.69 Å².